The number of rotatable bonds is 0. The maximum absolute atomic E-state index is 4.35. The number of hydrogen-bond donors (Lipinski definition) is 0. The number of aromatic nitrogens is 2. The van der Waals surface area contributed by atoms with Gasteiger partial charge in [0.1, 0.15) is 6.33 Å². The average Bonchev–Trinajstić information content (AvgIpc) is 2.56. The molecule has 66 valence electrons. The Morgan fingerprint density at radius 1 is 1.23 bits per heavy atom. The second kappa shape index (κ2) is 2.77. The fourth-order valence-corrected chi connectivity index (χ4v) is 3.21. The fraction of sp³-hybridized carbons (Fsp3) is 0.400. The van der Waals surface area contributed by atoms with Gasteiger partial charge in [-0.15, -0.1) is 11.3 Å². The summed E-state index contributed by atoms with van der Waals surface area (Å²) in [5.74, 6) is 0. The number of hydrogen-bond acceptors (Lipinski definition) is 3. The van der Waals surface area contributed by atoms with E-state index in [4.69, 9.17) is 0 Å². The molecule has 3 rings (SSSR count). The molecular formula is C10H10N2S. The third-order valence-corrected chi connectivity index (χ3v) is 3.83. The Morgan fingerprint density at radius 2 is 2.15 bits per heavy atom. The maximum atomic E-state index is 4.35. The number of aryl methyl sites for hydroxylation is 2. The summed E-state index contributed by atoms with van der Waals surface area (Å²) < 4.78 is 1.26. The minimum Gasteiger partial charge on any atom is -0.243 e. The highest BCUT2D eigenvalue weighted by Gasteiger charge is 2.16. The van der Waals surface area contributed by atoms with Crippen molar-refractivity contribution in [1.29, 1.82) is 0 Å². The van der Waals surface area contributed by atoms with Crippen molar-refractivity contribution < 1.29 is 0 Å². The zero-order valence-electron chi connectivity index (χ0n) is 7.29. The van der Waals surface area contributed by atoms with E-state index in [-0.39, 0.29) is 0 Å². The van der Waals surface area contributed by atoms with Gasteiger partial charge in [-0.1, -0.05) is 0 Å². The lowest BCUT2D eigenvalue weighted by Crippen LogP contribution is -1.98. The topological polar surface area (TPSA) is 25.8 Å². The first-order valence-electron chi connectivity index (χ1n) is 4.65. The van der Waals surface area contributed by atoms with E-state index in [1.165, 1.54) is 41.5 Å². The van der Waals surface area contributed by atoms with Crippen LogP contribution >= 0.6 is 11.3 Å². The molecule has 1 aliphatic carbocycles. The van der Waals surface area contributed by atoms with Crippen molar-refractivity contribution in [2.24, 2.45) is 0 Å². The molecule has 2 heterocycles. The van der Waals surface area contributed by atoms with Gasteiger partial charge in [0.15, 0.2) is 0 Å². The molecule has 0 saturated heterocycles. The van der Waals surface area contributed by atoms with Crippen molar-refractivity contribution in [3.63, 3.8) is 0 Å². The Balaban J connectivity index is 2.34. The zero-order valence-corrected chi connectivity index (χ0v) is 8.10. The summed E-state index contributed by atoms with van der Waals surface area (Å²) in [6.45, 7) is 0. The molecule has 1 aliphatic rings. The molecule has 0 unspecified atom stereocenters. The van der Waals surface area contributed by atoms with Crippen molar-refractivity contribution in [1.82, 2.24) is 9.97 Å². The van der Waals surface area contributed by atoms with Gasteiger partial charge >= 0.3 is 0 Å². The Morgan fingerprint density at radius 3 is 3.15 bits per heavy atom. The van der Waals surface area contributed by atoms with Crippen LogP contribution in [-0.2, 0) is 12.8 Å². The summed E-state index contributed by atoms with van der Waals surface area (Å²) >= 11 is 1.87. The van der Waals surface area contributed by atoms with Gasteiger partial charge in [0, 0.05) is 11.1 Å². The van der Waals surface area contributed by atoms with Gasteiger partial charge in [0.05, 0.1) is 10.2 Å². The van der Waals surface area contributed by atoms with Crippen LogP contribution in [0, 0.1) is 0 Å². The highest BCUT2D eigenvalue weighted by atomic mass is 32.1. The van der Waals surface area contributed by atoms with Crippen LogP contribution in [0.3, 0.4) is 0 Å². The van der Waals surface area contributed by atoms with Crippen LogP contribution in [0.2, 0.25) is 0 Å². The molecule has 3 heteroatoms. The van der Waals surface area contributed by atoms with Crippen LogP contribution in [0.25, 0.3) is 10.2 Å². The number of nitrogens with zero attached hydrogens (tertiary/aromatic N) is 2. The van der Waals surface area contributed by atoms with Gasteiger partial charge in [-0.2, -0.15) is 0 Å². The van der Waals surface area contributed by atoms with E-state index >= 15 is 0 Å². The first kappa shape index (κ1) is 7.44. The molecule has 0 spiro atoms. The molecule has 0 aliphatic heterocycles. The van der Waals surface area contributed by atoms with E-state index in [9.17, 15) is 0 Å². The molecule has 13 heavy (non-hydrogen) atoms. The molecule has 0 atom stereocenters. The second-order valence-electron chi connectivity index (χ2n) is 3.45. The minimum atomic E-state index is 1.20. The summed E-state index contributed by atoms with van der Waals surface area (Å²) in [7, 11) is 0. The predicted molar refractivity (Wildman–Crippen MR) is 54.1 cm³/mol. The van der Waals surface area contributed by atoms with E-state index in [2.05, 4.69) is 9.97 Å². The molecule has 0 aromatic carbocycles. The molecule has 2 aromatic heterocycles. The molecule has 0 N–H and O–H groups in total. The van der Waals surface area contributed by atoms with Crippen molar-refractivity contribution in [3.8, 4) is 0 Å². The summed E-state index contributed by atoms with van der Waals surface area (Å²) in [6.07, 6.45) is 8.72. The van der Waals surface area contributed by atoms with E-state index in [1.807, 2.05) is 17.5 Å². The van der Waals surface area contributed by atoms with Crippen molar-refractivity contribution in [3.05, 3.63) is 23.0 Å². The average molecular weight is 190 g/mol. The molecule has 0 amide bonds. The predicted octanol–water partition coefficient (Wildman–Crippen LogP) is 2.57. The number of thiophene rings is 1. The van der Waals surface area contributed by atoms with Crippen molar-refractivity contribution >= 4 is 21.6 Å². The SMILES string of the molecule is c1ncc2sc3c(c2n1)CCCC3. The Bertz CT molecular complexity index is 447. The minimum absolute atomic E-state index is 1.20. The summed E-state index contributed by atoms with van der Waals surface area (Å²) in [4.78, 5) is 9.95. The van der Waals surface area contributed by atoms with E-state index in [0.717, 1.165) is 0 Å². The van der Waals surface area contributed by atoms with Crippen LogP contribution < -0.4 is 0 Å². The number of fused-ring (bicyclic) bond motifs is 3. The summed E-state index contributed by atoms with van der Waals surface area (Å²) in [5.41, 5.74) is 2.70. The summed E-state index contributed by atoms with van der Waals surface area (Å²) in [6, 6.07) is 0. The lowest BCUT2D eigenvalue weighted by molar-refractivity contribution is 0.699. The smallest absolute Gasteiger partial charge is 0.116 e. The molecule has 2 aromatic rings. The van der Waals surface area contributed by atoms with Crippen LogP contribution in [0.5, 0.6) is 0 Å². The van der Waals surface area contributed by atoms with E-state index in [1.54, 1.807) is 11.2 Å². The highest BCUT2D eigenvalue weighted by Crippen LogP contribution is 2.34. The lowest BCUT2D eigenvalue weighted by atomic mass is 9.98. The highest BCUT2D eigenvalue weighted by molar-refractivity contribution is 7.19. The van der Waals surface area contributed by atoms with Crippen molar-refractivity contribution in [2.45, 2.75) is 25.7 Å². The van der Waals surface area contributed by atoms with Gasteiger partial charge in [-0.25, -0.2) is 9.97 Å². The third-order valence-electron chi connectivity index (χ3n) is 2.61. The van der Waals surface area contributed by atoms with Crippen molar-refractivity contribution in [2.75, 3.05) is 0 Å². The van der Waals surface area contributed by atoms with Gasteiger partial charge in [-0.3, -0.25) is 0 Å². The Kier molecular flexibility index (Phi) is 1.59. The standard InChI is InChI=1S/C10H10N2S/c1-2-4-8-7(3-1)10-9(13-8)5-11-6-12-10/h5-6H,1-4H2. The summed E-state index contributed by atoms with van der Waals surface area (Å²) in [5, 5.41) is 0. The van der Waals surface area contributed by atoms with Crippen LogP contribution in [0.15, 0.2) is 12.5 Å². The third kappa shape index (κ3) is 1.07. The van der Waals surface area contributed by atoms with E-state index in [0.29, 0.717) is 0 Å². The Hall–Kier alpha value is -0.960. The quantitative estimate of drug-likeness (QED) is 0.638. The first-order chi connectivity index (χ1) is 6.45. The maximum Gasteiger partial charge on any atom is 0.116 e. The fourth-order valence-electron chi connectivity index (χ4n) is 1.99. The van der Waals surface area contributed by atoms with Gasteiger partial charge in [0.25, 0.3) is 0 Å². The second-order valence-corrected chi connectivity index (χ2v) is 4.58. The van der Waals surface area contributed by atoms with E-state index < -0.39 is 0 Å². The van der Waals surface area contributed by atoms with Crippen LogP contribution in [-0.4, -0.2) is 9.97 Å². The largest absolute Gasteiger partial charge is 0.243 e. The molecule has 2 nitrogen and oxygen atoms in total. The van der Waals surface area contributed by atoms with Crippen LogP contribution in [0.4, 0.5) is 0 Å². The lowest BCUT2D eigenvalue weighted by Gasteiger charge is -2.09. The molecule has 0 bridgehead atoms. The normalized spacial score (nSPS) is 16.0. The van der Waals surface area contributed by atoms with Gasteiger partial charge < -0.3 is 0 Å². The van der Waals surface area contributed by atoms with Crippen LogP contribution in [0.1, 0.15) is 23.3 Å². The first-order valence-corrected chi connectivity index (χ1v) is 5.47. The molecule has 0 saturated carbocycles. The van der Waals surface area contributed by atoms with Gasteiger partial charge in [-0.05, 0) is 31.2 Å². The molecule has 0 fully saturated rings. The van der Waals surface area contributed by atoms with Gasteiger partial charge in [0.2, 0.25) is 0 Å². The zero-order chi connectivity index (χ0) is 8.67. The monoisotopic (exact) mass is 190 g/mol. The molecule has 0 radical (unpaired) electrons. The molecular weight excluding hydrogens is 180 g/mol. The Labute approximate surface area is 80.6 Å².